The zero-order valence-corrected chi connectivity index (χ0v) is 13.9. The molecule has 0 aliphatic carbocycles. The van der Waals surface area contributed by atoms with E-state index in [1.807, 2.05) is 0 Å². The smallest absolute Gasteiger partial charge is 0.0894 e. The summed E-state index contributed by atoms with van der Waals surface area (Å²) in [6.07, 6.45) is 1.19. The van der Waals surface area contributed by atoms with Crippen LogP contribution in [0.2, 0.25) is 0 Å². The number of rotatable bonds is 5. The standard InChI is InChI=1S/C18H30N2O/c1-13(2)10-15-6-5-7-16(11-15)18(19)17-12-20(14(3)4)8-9-21-17/h5-7,11,13-14,17-18H,8-10,12,19H2,1-4H3. The molecule has 3 heteroatoms. The van der Waals surface area contributed by atoms with E-state index in [1.54, 1.807) is 0 Å². The highest BCUT2D eigenvalue weighted by Gasteiger charge is 2.28. The van der Waals surface area contributed by atoms with Crippen LogP contribution in [0.15, 0.2) is 24.3 Å². The third kappa shape index (κ3) is 4.53. The topological polar surface area (TPSA) is 38.5 Å². The lowest BCUT2D eigenvalue weighted by atomic mass is 9.95. The predicted octanol–water partition coefficient (Wildman–Crippen LogP) is 2.99. The van der Waals surface area contributed by atoms with Crippen LogP contribution in [0.5, 0.6) is 0 Å². The minimum atomic E-state index is -0.0429. The molecule has 21 heavy (non-hydrogen) atoms. The average Bonchev–Trinajstić information content (AvgIpc) is 2.46. The van der Waals surface area contributed by atoms with Gasteiger partial charge in [0.1, 0.15) is 0 Å². The fourth-order valence-corrected chi connectivity index (χ4v) is 3.00. The van der Waals surface area contributed by atoms with Gasteiger partial charge >= 0.3 is 0 Å². The van der Waals surface area contributed by atoms with Gasteiger partial charge in [-0.15, -0.1) is 0 Å². The van der Waals surface area contributed by atoms with Crippen molar-refractivity contribution in [2.45, 2.75) is 52.3 Å². The van der Waals surface area contributed by atoms with E-state index >= 15 is 0 Å². The second-order valence-corrected chi connectivity index (χ2v) is 6.87. The lowest BCUT2D eigenvalue weighted by Crippen LogP contribution is -2.49. The Kier molecular flexibility index (Phi) is 5.80. The van der Waals surface area contributed by atoms with Gasteiger partial charge < -0.3 is 10.5 Å². The van der Waals surface area contributed by atoms with Crippen molar-refractivity contribution >= 4 is 0 Å². The van der Waals surface area contributed by atoms with E-state index in [1.165, 1.54) is 11.1 Å². The molecule has 2 rings (SSSR count). The van der Waals surface area contributed by atoms with Crippen molar-refractivity contribution in [3.8, 4) is 0 Å². The van der Waals surface area contributed by atoms with E-state index in [0.717, 1.165) is 26.1 Å². The van der Waals surface area contributed by atoms with Gasteiger partial charge in [-0.2, -0.15) is 0 Å². The second-order valence-electron chi connectivity index (χ2n) is 6.87. The second kappa shape index (κ2) is 7.39. The van der Waals surface area contributed by atoms with Crippen molar-refractivity contribution in [1.82, 2.24) is 4.90 Å². The first kappa shape index (κ1) is 16.5. The summed E-state index contributed by atoms with van der Waals surface area (Å²) < 4.78 is 5.93. The summed E-state index contributed by atoms with van der Waals surface area (Å²) in [6.45, 7) is 11.7. The first-order valence-corrected chi connectivity index (χ1v) is 8.17. The molecule has 0 spiro atoms. The van der Waals surface area contributed by atoms with Crippen LogP contribution in [0.4, 0.5) is 0 Å². The third-order valence-electron chi connectivity index (χ3n) is 4.24. The molecule has 1 fully saturated rings. The van der Waals surface area contributed by atoms with Gasteiger partial charge in [0, 0.05) is 19.1 Å². The number of ether oxygens (including phenoxy) is 1. The molecule has 1 saturated heterocycles. The van der Waals surface area contributed by atoms with Crippen LogP contribution in [-0.4, -0.2) is 36.7 Å². The van der Waals surface area contributed by atoms with Crippen LogP contribution < -0.4 is 5.73 Å². The molecule has 1 aliphatic rings. The van der Waals surface area contributed by atoms with E-state index in [-0.39, 0.29) is 12.1 Å². The Balaban J connectivity index is 2.06. The SMILES string of the molecule is CC(C)Cc1cccc(C(N)C2CN(C(C)C)CCO2)c1. The highest BCUT2D eigenvalue weighted by molar-refractivity contribution is 5.27. The third-order valence-corrected chi connectivity index (χ3v) is 4.24. The number of nitrogens with zero attached hydrogens (tertiary/aromatic N) is 1. The van der Waals surface area contributed by atoms with Gasteiger partial charge in [-0.25, -0.2) is 0 Å². The molecule has 0 amide bonds. The molecule has 2 N–H and O–H groups in total. The van der Waals surface area contributed by atoms with Crippen LogP contribution in [0, 0.1) is 5.92 Å². The molecule has 0 saturated carbocycles. The average molecular weight is 290 g/mol. The lowest BCUT2D eigenvalue weighted by molar-refractivity contribution is -0.0502. The van der Waals surface area contributed by atoms with E-state index in [4.69, 9.17) is 10.5 Å². The summed E-state index contributed by atoms with van der Waals surface area (Å²) in [5, 5.41) is 0. The van der Waals surface area contributed by atoms with E-state index in [2.05, 4.69) is 56.9 Å². The molecule has 1 aromatic rings. The largest absolute Gasteiger partial charge is 0.374 e. The number of hydrogen-bond acceptors (Lipinski definition) is 3. The quantitative estimate of drug-likeness (QED) is 0.906. The monoisotopic (exact) mass is 290 g/mol. The van der Waals surface area contributed by atoms with Gasteiger partial charge in [0.15, 0.2) is 0 Å². The van der Waals surface area contributed by atoms with Crippen molar-refractivity contribution in [2.75, 3.05) is 19.7 Å². The molecule has 3 nitrogen and oxygen atoms in total. The molecule has 2 unspecified atom stereocenters. The molecule has 0 aromatic heterocycles. The zero-order chi connectivity index (χ0) is 15.4. The molecule has 1 aromatic carbocycles. The van der Waals surface area contributed by atoms with Gasteiger partial charge in [-0.3, -0.25) is 4.90 Å². The van der Waals surface area contributed by atoms with Crippen molar-refractivity contribution in [1.29, 1.82) is 0 Å². The Morgan fingerprint density at radius 2 is 2.05 bits per heavy atom. The maximum absolute atomic E-state index is 6.48. The molecule has 1 aliphatic heterocycles. The fourth-order valence-electron chi connectivity index (χ4n) is 3.00. The number of morpholine rings is 1. The maximum Gasteiger partial charge on any atom is 0.0894 e. The summed E-state index contributed by atoms with van der Waals surface area (Å²) in [4.78, 5) is 2.45. The van der Waals surface area contributed by atoms with Crippen molar-refractivity contribution in [2.24, 2.45) is 11.7 Å². The van der Waals surface area contributed by atoms with Gasteiger partial charge in [-0.1, -0.05) is 38.1 Å². The predicted molar refractivity (Wildman–Crippen MR) is 88.4 cm³/mol. The van der Waals surface area contributed by atoms with Crippen LogP contribution >= 0.6 is 0 Å². The molecular formula is C18H30N2O. The van der Waals surface area contributed by atoms with Gasteiger partial charge in [0.05, 0.1) is 18.8 Å². The Bertz CT molecular complexity index is 445. The van der Waals surface area contributed by atoms with Gasteiger partial charge in [0.2, 0.25) is 0 Å². The first-order chi connectivity index (χ1) is 9.97. The summed E-state index contributed by atoms with van der Waals surface area (Å²) in [5.41, 5.74) is 9.05. The number of benzene rings is 1. The molecular weight excluding hydrogens is 260 g/mol. The lowest BCUT2D eigenvalue weighted by Gasteiger charge is -2.38. The van der Waals surface area contributed by atoms with Crippen molar-refractivity contribution in [3.05, 3.63) is 35.4 Å². The van der Waals surface area contributed by atoms with Crippen LogP contribution in [-0.2, 0) is 11.2 Å². The molecule has 2 atom stereocenters. The van der Waals surface area contributed by atoms with E-state index in [9.17, 15) is 0 Å². The Morgan fingerprint density at radius 3 is 2.71 bits per heavy atom. The summed E-state index contributed by atoms with van der Waals surface area (Å²) in [7, 11) is 0. The highest BCUT2D eigenvalue weighted by Crippen LogP contribution is 2.23. The molecule has 1 heterocycles. The Labute approximate surface area is 129 Å². The van der Waals surface area contributed by atoms with Crippen LogP contribution in [0.3, 0.4) is 0 Å². The molecule has 0 bridgehead atoms. The maximum atomic E-state index is 6.48. The zero-order valence-electron chi connectivity index (χ0n) is 13.9. The minimum Gasteiger partial charge on any atom is -0.374 e. The first-order valence-electron chi connectivity index (χ1n) is 8.17. The number of hydrogen-bond donors (Lipinski definition) is 1. The van der Waals surface area contributed by atoms with Crippen LogP contribution in [0.25, 0.3) is 0 Å². The van der Waals surface area contributed by atoms with E-state index < -0.39 is 0 Å². The van der Waals surface area contributed by atoms with Gasteiger partial charge in [-0.05, 0) is 37.3 Å². The summed E-state index contributed by atoms with van der Waals surface area (Å²) in [5.74, 6) is 0.666. The molecule has 0 radical (unpaired) electrons. The fraction of sp³-hybridized carbons (Fsp3) is 0.667. The van der Waals surface area contributed by atoms with Crippen molar-refractivity contribution < 1.29 is 4.74 Å². The summed E-state index contributed by atoms with van der Waals surface area (Å²) >= 11 is 0. The Morgan fingerprint density at radius 1 is 1.29 bits per heavy atom. The normalized spacial score (nSPS) is 22.0. The highest BCUT2D eigenvalue weighted by atomic mass is 16.5. The number of nitrogens with two attached hydrogens (primary N) is 1. The van der Waals surface area contributed by atoms with Gasteiger partial charge in [0.25, 0.3) is 0 Å². The Hall–Kier alpha value is -0.900. The summed E-state index contributed by atoms with van der Waals surface area (Å²) in [6, 6.07) is 9.21. The molecule has 118 valence electrons. The van der Waals surface area contributed by atoms with Crippen LogP contribution in [0.1, 0.15) is 44.9 Å². The van der Waals surface area contributed by atoms with Crippen molar-refractivity contribution in [3.63, 3.8) is 0 Å². The minimum absolute atomic E-state index is 0.0429. The van der Waals surface area contributed by atoms with E-state index in [0.29, 0.717) is 12.0 Å².